The van der Waals surface area contributed by atoms with Crippen LogP contribution >= 0.6 is 0 Å². The SMILES string of the molecule is Cc1ccc[c-]1C.[Cl-].[Cl-].[Zr+4].c1ccc2[cH-]c(-n3c4c(c5ccccc53)CCC4)cc2c1. The fourth-order valence-electron chi connectivity index (χ4n) is 4.49. The average Bonchev–Trinajstić information content (AvgIpc) is 3.47. The van der Waals surface area contributed by atoms with Crippen LogP contribution < -0.4 is 24.8 Å². The van der Waals surface area contributed by atoms with Crippen LogP contribution in [0, 0.1) is 13.8 Å². The van der Waals surface area contributed by atoms with Gasteiger partial charge in [0.2, 0.25) is 0 Å². The van der Waals surface area contributed by atoms with Crippen LogP contribution in [-0.4, -0.2) is 4.57 Å². The van der Waals surface area contributed by atoms with E-state index in [2.05, 4.69) is 97.3 Å². The van der Waals surface area contributed by atoms with Gasteiger partial charge in [0.15, 0.2) is 0 Å². The molecule has 1 aliphatic carbocycles. The molecule has 1 aromatic heterocycles. The Morgan fingerprint density at radius 2 is 1.65 bits per heavy atom. The first-order valence-electron chi connectivity index (χ1n) is 10.2. The van der Waals surface area contributed by atoms with Gasteiger partial charge in [0.05, 0.1) is 5.52 Å². The van der Waals surface area contributed by atoms with E-state index < -0.39 is 0 Å². The molecule has 5 aromatic rings. The minimum absolute atomic E-state index is 0. The Labute approximate surface area is 216 Å². The van der Waals surface area contributed by atoms with Gasteiger partial charge in [-0.1, -0.05) is 38.1 Å². The Morgan fingerprint density at radius 3 is 2.32 bits per heavy atom. The van der Waals surface area contributed by atoms with Crippen molar-refractivity contribution >= 4 is 21.7 Å². The van der Waals surface area contributed by atoms with E-state index in [9.17, 15) is 0 Å². The molecule has 4 heteroatoms. The van der Waals surface area contributed by atoms with E-state index in [1.54, 1.807) is 5.56 Å². The molecule has 1 nitrogen and oxygen atoms in total. The van der Waals surface area contributed by atoms with E-state index in [0.717, 1.165) is 0 Å². The molecule has 1 heterocycles. The minimum atomic E-state index is 0. The normalized spacial score (nSPS) is 11.7. The summed E-state index contributed by atoms with van der Waals surface area (Å²) < 4.78 is 2.48. The van der Waals surface area contributed by atoms with Crippen molar-refractivity contribution in [3.8, 4) is 5.69 Å². The number of hydrogen-bond acceptors (Lipinski definition) is 0. The van der Waals surface area contributed by atoms with Crippen LogP contribution in [0.1, 0.15) is 28.8 Å². The smallest absolute Gasteiger partial charge is 1.00 e. The van der Waals surface area contributed by atoms with E-state index in [-0.39, 0.29) is 51.0 Å². The second kappa shape index (κ2) is 10.8. The fraction of sp³-hybridized carbons (Fsp3) is 0.185. The minimum Gasteiger partial charge on any atom is -1.00 e. The molecule has 0 aliphatic heterocycles. The van der Waals surface area contributed by atoms with Gasteiger partial charge in [0.25, 0.3) is 0 Å². The number of para-hydroxylation sites is 1. The molecule has 31 heavy (non-hydrogen) atoms. The number of fused-ring (bicyclic) bond motifs is 4. The number of nitrogens with zero attached hydrogens (tertiary/aromatic N) is 1. The molecule has 0 bridgehead atoms. The predicted molar refractivity (Wildman–Crippen MR) is 120 cm³/mol. The van der Waals surface area contributed by atoms with Gasteiger partial charge in [-0.3, -0.25) is 0 Å². The van der Waals surface area contributed by atoms with Crippen molar-refractivity contribution in [2.45, 2.75) is 33.1 Å². The summed E-state index contributed by atoms with van der Waals surface area (Å²) in [6.45, 7) is 4.24. The van der Waals surface area contributed by atoms with Crippen LogP contribution in [0.25, 0.3) is 27.4 Å². The average molecular weight is 526 g/mol. The summed E-state index contributed by atoms with van der Waals surface area (Å²) in [4.78, 5) is 0. The Hall–Kier alpha value is -1.60. The van der Waals surface area contributed by atoms with E-state index in [4.69, 9.17) is 0 Å². The van der Waals surface area contributed by atoms with Crippen LogP contribution in [0.3, 0.4) is 0 Å². The molecule has 0 spiro atoms. The summed E-state index contributed by atoms with van der Waals surface area (Å²) >= 11 is 0. The van der Waals surface area contributed by atoms with Gasteiger partial charge in [0, 0.05) is 11.1 Å². The van der Waals surface area contributed by atoms with Crippen LogP contribution in [0.15, 0.2) is 78.9 Å². The molecule has 0 saturated heterocycles. The van der Waals surface area contributed by atoms with Gasteiger partial charge < -0.3 is 29.4 Å². The summed E-state index contributed by atoms with van der Waals surface area (Å²) in [5.41, 5.74) is 8.54. The summed E-state index contributed by atoms with van der Waals surface area (Å²) in [6, 6.07) is 28.4. The number of aromatic nitrogens is 1. The number of halogens is 2. The third kappa shape index (κ3) is 4.77. The van der Waals surface area contributed by atoms with Crippen LogP contribution in [0.2, 0.25) is 0 Å². The Balaban J connectivity index is 0.000000298. The molecular formula is C27H25Cl2NZr. The molecule has 0 amide bonds. The van der Waals surface area contributed by atoms with E-state index >= 15 is 0 Å². The largest absolute Gasteiger partial charge is 4.00 e. The number of rotatable bonds is 1. The van der Waals surface area contributed by atoms with Crippen molar-refractivity contribution in [3.05, 3.63) is 101 Å². The Morgan fingerprint density at radius 1 is 0.903 bits per heavy atom. The summed E-state index contributed by atoms with van der Waals surface area (Å²) in [7, 11) is 0. The van der Waals surface area contributed by atoms with Crippen molar-refractivity contribution < 1.29 is 51.0 Å². The summed E-state index contributed by atoms with van der Waals surface area (Å²) in [5.74, 6) is 0. The van der Waals surface area contributed by atoms with Gasteiger partial charge in [-0.05, 0) is 36.6 Å². The van der Waals surface area contributed by atoms with E-state index in [0.29, 0.717) is 0 Å². The van der Waals surface area contributed by atoms with Gasteiger partial charge in [-0.25, -0.2) is 12.1 Å². The predicted octanol–water partition coefficient (Wildman–Crippen LogP) is 1.02. The number of aryl methyl sites for hydroxylation is 3. The van der Waals surface area contributed by atoms with Gasteiger partial charge in [0.1, 0.15) is 0 Å². The second-order valence-corrected chi connectivity index (χ2v) is 7.87. The first-order valence-corrected chi connectivity index (χ1v) is 10.2. The molecule has 1 aliphatic rings. The topological polar surface area (TPSA) is 4.93 Å². The summed E-state index contributed by atoms with van der Waals surface area (Å²) in [6.07, 6.45) is 3.71. The maximum atomic E-state index is 2.48. The second-order valence-electron chi connectivity index (χ2n) is 7.87. The van der Waals surface area contributed by atoms with E-state index in [1.165, 1.54) is 63.4 Å². The Kier molecular flexibility index (Phi) is 8.96. The molecule has 6 rings (SSSR count). The van der Waals surface area contributed by atoms with E-state index in [1.807, 2.05) is 0 Å². The van der Waals surface area contributed by atoms with Crippen molar-refractivity contribution in [3.63, 3.8) is 0 Å². The Bertz CT molecular complexity index is 1230. The van der Waals surface area contributed by atoms with Crippen molar-refractivity contribution in [2.75, 3.05) is 0 Å². The zero-order chi connectivity index (χ0) is 19.1. The van der Waals surface area contributed by atoms with Gasteiger partial charge in [-0.2, -0.15) is 17.2 Å². The fourth-order valence-corrected chi connectivity index (χ4v) is 4.49. The molecule has 0 atom stereocenters. The first kappa shape index (κ1) is 25.7. The number of hydrogen-bond donors (Lipinski definition) is 0. The number of benzene rings is 2. The zero-order valence-electron chi connectivity index (χ0n) is 17.8. The van der Waals surface area contributed by atoms with Gasteiger partial charge in [-0.15, -0.1) is 41.1 Å². The van der Waals surface area contributed by atoms with Crippen molar-refractivity contribution in [1.82, 2.24) is 4.57 Å². The monoisotopic (exact) mass is 523 g/mol. The molecular weight excluding hydrogens is 500 g/mol. The molecule has 0 fully saturated rings. The molecule has 4 aromatic carbocycles. The van der Waals surface area contributed by atoms with Crippen LogP contribution in [0.5, 0.6) is 0 Å². The molecule has 156 valence electrons. The third-order valence-corrected chi connectivity index (χ3v) is 6.10. The first-order chi connectivity index (χ1) is 13.7. The quantitative estimate of drug-likeness (QED) is 0.288. The van der Waals surface area contributed by atoms with Crippen LogP contribution in [-0.2, 0) is 39.0 Å². The third-order valence-electron chi connectivity index (χ3n) is 6.10. The summed E-state index contributed by atoms with van der Waals surface area (Å²) in [5, 5.41) is 4.10. The molecule has 0 unspecified atom stereocenters. The zero-order valence-corrected chi connectivity index (χ0v) is 21.8. The van der Waals surface area contributed by atoms with Crippen LogP contribution in [0.4, 0.5) is 0 Å². The standard InChI is InChI=1S/C20H16N.C7H9.2ClH.Zr/c1-2-7-15-13-16(12-14(15)6-1)21-19-10-4-3-8-17(19)18-9-5-11-20(18)21;1-6-4-3-5-7(6)2;;;/h1-4,6-8,10,12-13H,5,9,11H2;3-5H,1-2H3;2*1H;/q2*-1;;;+4/p-2. The van der Waals surface area contributed by atoms with Crippen molar-refractivity contribution in [2.24, 2.45) is 0 Å². The molecule has 0 N–H and O–H groups in total. The molecule has 0 radical (unpaired) electrons. The maximum Gasteiger partial charge on any atom is 4.00 e. The maximum absolute atomic E-state index is 2.48. The van der Waals surface area contributed by atoms with Gasteiger partial charge >= 0.3 is 26.2 Å². The molecule has 0 saturated carbocycles. The van der Waals surface area contributed by atoms with Crippen molar-refractivity contribution in [1.29, 1.82) is 0 Å².